The second-order valence-corrected chi connectivity index (χ2v) is 5.44. The van der Waals surface area contributed by atoms with Crippen LogP contribution in [0.25, 0.3) is 11.5 Å². The minimum absolute atomic E-state index is 0.222. The first-order chi connectivity index (χ1) is 11.1. The number of aryl methyl sites for hydroxylation is 1. The minimum Gasteiger partial charge on any atom is -0.463 e. The van der Waals surface area contributed by atoms with Crippen molar-refractivity contribution in [2.45, 2.75) is 6.92 Å². The molecule has 2 aromatic heterocycles. The Morgan fingerprint density at radius 1 is 1.22 bits per heavy atom. The summed E-state index contributed by atoms with van der Waals surface area (Å²) in [6.45, 7) is 1.81. The molecule has 23 heavy (non-hydrogen) atoms. The Bertz CT molecular complexity index is 802. The number of aromatic amines is 1. The highest BCUT2D eigenvalue weighted by molar-refractivity contribution is 6.08. The topological polar surface area (TPSA) is 74.2 Å². The number of nitrogens with zero attached hydrogens (tertiary/aromatic N) is 2. The number of carbonyl (C=O) groups excluding carboxylic acids is 1. The molecule has 0 radical (unpaired) electrons. The molecule has 0 saturated heterocycles. The van der Waals surface area contributed by atoms with E-state index in [0.717, 1.165) is 11.4 Å². The zero-order valence-electron chi connectivity index (χ0n) is 13.3. The Labute approximate surface area is 134 Å². The number of rotatable bonds is 4. The summed E-state index contributed by atoms with van der Waals surface area (Å²) in [4.78, 5) is 14.6. The third-order valence-corrected chi connectivity index (χ3v) is 3.57. The van der Waals surface area contributed by atoms with Crippen molar-refractivity contribution in [1.82, 2.24) is 10.2 Å². The molecule has 2 N–H and O–H groups in total. The van der Waals surface area contributed by atoms with Gasteiger partial charge in [0.15, 0.2) is 5.76 Å². The van der Waals surface area contributed by atoms with Crippen LogP contribution in [0.3, 0.4) is 0 Å². The molecule has 0 unspecified atom stereocenters. The molecule has 2 heterocycles. The zero-order valence-corrected chi connectivity index (χ0v) is 13.3. The van der Waals surface area contributed by atoms with Crippen molar-refractivity contribution in [3.05, 3.63) is 53.9 Å². The van der Waals surface area contributed by atoms with E-state index in [9.17, 15) is 4.79 Å². The van der Waals surface area contributed by atoms with Crippen molar-refractivity contribution in [3.63, 3.8) is 0 Å². The molecule has 3 aromatic rings. The zero-order chi connectivity index (χ0) is 16.4. The van der Waals surface area contributed by atoms with Crippen molar-refractivity contribution in [2.75, 3.05) is 24.3 Å². The third kappa shape index (κ3) is 2.96. The van der Waals surface area contributed by atoms with E-state index in [-0.39, 0.29) is 5.91 Å². The normalized spacial score (nSPS) is 10.6. The molecule has 0 aliphatic heterocycles. The van der Waals surface area contributed by atoms with Crippen LogP contribution in [0.5, 0.6) is 0 Å². The van der Waals surface area contributed by atoms with Gasteiger partial charge in [-0.05, 0) is 43.3 Å². The quantitative estimate of drug-likeness (QED) is 0.775. The first-order valence-corrected chi connectivity index (χ1v) is 7.24. The molecule has 0 aliphatic rings. The summed E-state index contributed by atoms with van der Waals surface area (Å²) >= 11 is 0. The first-order valence-electron chi connectivity index (χ1n) is 7.24. The van der Waals surface area contributed by atoms with E-state index in [2.05, 4.69) is 15.5 Å². The average Bonchev–Trinajstić information content (AvgIpc) is 3.16. The molecule has 6 nitrogen and oxygen atoms in total. The summed E-state index contributed by atoms with van der Waals surface area (Å²) in [5.41, 5.74) is 3.48. The summed E-state index contributed by atoms with van der Waals surface area (Å²) in [6, 6.07) is 11.2. The monoisotopic (exact) mass is 310 g/mol. The Morgan fingerprint density at radius 3 is 2.57 bits per heavy atom. The van der Waals surface area contributed by atoms with Crippen LogP contribution in [-0.2, 0) is 0 Å². The van der Waals surface area contributed by atoms with Gasteiger partial charge in [0.1, 0.15) is 5.69 Å². The van der Waals surface area contributed by atoms with E-state index in [0.29, 0.717) is 22.7 Å². The van der Waals surface area contributed by atoms with Crippen LogP contribution >= 0.6 is 0 Å². The maximum absolute atomic E-state index is 12.6. The highest BCUT2D eigenvalue weighted by Crippen LogP contribution is 2.25. The molecule has 0 aliphatic carbocycles. The molecule has 118 valence electrons. The van der Waals surface area contributed by atoms with Crippen molar-refractivity contribution in [1.29, 1.82) is 0 Å². The van der Waals surface area contributed by atoms with E-state index >= 15 is 0 Å². The van der Waals surface area contributed by atoms with Gasteiger partial charge in [0, 0.05) is 31.2 Å². The lowest BCUT2D eigenvalue weighted by molar-refractivity contribution is 0.102. The Balaban J connectivity index is 1.85. The molecule has 1 amide bonds. The Morgan fingerprint density at radius 2 is 1.96 bits per heavy atom. The summed E-state index contributed by atoms with van der Waals surface area (Å²) < 4.78 is 5.35. The number of aromatic nitrogens is 2. The van der Waals surface area contributed by atoms with Crippen molar-refractivity contribution in [3.8, 4) is 11.5 Å². The number of amides is 1. The fraction of sp³-hybridized carbons (Fsp3) is 0.176. The SMILES string of the molecule is Cc1[nH]nc(-c2ccco2)c1C(=O)Nc1ccc(N(C)C)cc1. The number of hydrogen-bond donors (Lipinski definition) is 2. The first kappa shape index (κ1) is 14.9. The van der Waals surface area contributed by atoms with Gasteiger partial charge in [-0.3, -0.25) is 9.89 Å². The molecule has 3 rings (SSSR count). The number of hydrogen-bond acceptors (Lipinski definition) is 4. The summed E-state index contributed by atoms with van der Waals surface area (Å²) in [6.07, 6.45) is 1.56. The number of nitrogens with one attached hydrogen (secondary N) is 2. The number of carbonyl (C=O) groups is 1. The highest BCUT2D eigenvalue weighted by Gasteiger charge is 2.21. The van der Waals surface area contributed by atoms with Gasteiger partial charge in [-0.2, -0.15) is 5.10 Å². The van der Waals surface area contributed by atoms with Crippen LogP contribution in [0.15, 0.2) is 47.1 Å². The number of anilines is 2. The molecule has 0 spiro atoms. The second kappa shape index (κ2) is 6.00. The fourth-order valence-electron chi connectivity index (χ4n) is 2.34. The van der Waals surface area contributed by atoms with E-state index in [1.54, 1.807) is 18.4 Å². The lowest BCUT2D eigenvalue weighted by Gasteiger charge is -2.13. The minimum atomic E-state index is -0.222. The summed E-state index contributed by atoms with van der Waals surface area (Å²) in [5.74, 6) is 0.336. The molecule has 0 fully saturated rings. The maximum atomic E-state index is 12.6. The molecular formula is C17H18N4O2. The van der Waals surface area contributed by atoms with Gasteiger partial charge in [-0.1, -0.05) is 0 Å². The molecule has 1 aromatic carbocycles. The molecule has 6 heteroatoms. The van der Waals surface area contributed by atoms with Gasteiger partial charge in [0.2, 0.25) is 0 Å². The third-order valence-electron chi connectivity index (χ3n) is 3.57. The van der Waals surface area contributed by atoms with Crippen molar-refractivity contribution in [2.24, 2.45) is 0 Å². The predicted molar refractivity (Wildman–Crippen MR) is 89.7 cm³/mol. The summed E-state index contributed by atoms with van der Waals surface area (Å²) in [7, 11) is 3.94. The smallest absolute Gasteiger partial charge is 0.259 e. The molecule has 0 saturated carbocycles. The largest absolute Gasteiger partial charge is 0.463 e. The van der Waals surface area contributed by atoms with Crippen LogP contribution in [0.1, 0.15) is 16.1 Å². The number of benzene rings is 1. The van der Waals surface area contributed by atoms with Crippen LogP contribution < -0.4 is 10.2 Å². The van der Waals surface area contributed by atoms with Gasteiger partial charge in [0.05, 0.1) is 11.8 Å². The highest BCUT2D eigenvalue weighted by atomic mass is 16.3. The van der Waals surface area contributed by atoms with Gasteiger partial charge < -0.3 is 14.6 Å². The summed E-state index contributed by atoms with van der Waals surface area (Å²) in [5, 5.41) is 9.91. The van der Waals surface area contributed by atoms with Gasteiger partial charge in [-0.25, -0.2) is 0 Å². The lowest BCUT2D eigenvalue weighted by Crippen LogP contribution is -2.14. The molecular weight excluding hydrogens is 292 g/mol. The molecule has 0 atom stereocenters. The van der Waals surface area contributed by atoms with Crippen molar-refractivity contribution < 1.29 is 9.21 Å². The van der Waals surface area contributed by atoms with E-state index < -0.39 is 0 Å². The predicted octanol–water partition coefficient (Wildman–Crippen LogP) is 3.30. The Hall–Kier alpha value is -3.02. The average molecular weight is 310 g/mol. The maximum Gasteiger partial charge on any atom is 0.259 e. The fourth-order valence-corrected chi connectivity index (χ4v) is 2.34. The lowest BCUT2D eigenvalue weighted by atomic mass is 10.1. The molecule has 0 bridgehead atoms. The van der Waals surface area contributed by atoms with Crippen LogP contribution in [-0.4, -0.2) is 30.2 Å². The van der Waals surface area contributed by atoms with E-state index in [4.69, 9.17) is 4.42 Å². The number of furan rings is 1. The Kier molecular flexibility index (Phi) is 3.89. The van der Waals surface area contributed by atoms with Crippen LogP contribution in [0.4, 0.5) is 11.4 Å². The van der Waals surface area contributed by atoms with E-state index in [1.807, 2.05) is 50.2 Å². The van der Waals surface area contributed by atoms with Gasteiger partial charge in [-0.15, -0.1) is 0 Å². The second-order valence-electron chi connectivity index (χ2n) is 5.44. The van der Waals surface area contributed by atoms with Crippen LogP contribution in [0.2, 0.25) is 0 Å². The van der Waals surface area contributed by atoms with E-state index in [1.165, 1.54) is 0 Å². The van der Waals surface area contributed by atoms with Gasteiger partial charge in [0.25, 0.3) is 5.91 Å². The standard InChI is InChI=1S/C17H18N4O2/c1-11-15(16(20-19-11)14-5-4-10-23-14)17(22)18-12-6-8-13(9-7-12)21(2)3/h4-10H,1-3H3,(H,18,22)(H,19,20). The number of H-pyrrole nitrogens is 1. The van der Waals surface area contributed by atoms with Crippen molar-refractivity contribution >= 4 is 17.3 Å². The van der Waals surface area contributed by atoms with Gasteiger partial charge >= 0.3 is 0 Å². The van der Waals surface area contributed by atoms with Crippen LogP contribution in [0, 0.1) is 6.92 Å².